The van der Waals surface area contributed by atoms with Crippen LogP contribution in [0.5, 0.6) is 5.75 Å². The largest absolute Gasteiger partial charge is 0.497 e. The van der Waals surface area contributed by atoms with Gasteiger partial charge in [0.15, 0.2) is 5.13 Å². The van der Waals surface area contributed by atoms with Gasteiger partial charge >= 0.3 is 0 Å². The number of benzene rings is 1. The number of amides is 1. The zero-order valence-electron chi connectivity index (χ0n) is 11.8. The molecule has 6 heteroatoms. The lowest BCUT2D eigenvalue weighted by atomic mass is 10.2. The molecule has 2 heterocycles. The van der Waals surface area contributed by atoms with E-state index in [2.05, 4.69) is 15.3 Å². The second kappa shape index (κ2) is 6.36. The number of rotatable bonds is 4. The first-order valence-electron chi connectivity index (χ1n) is 6.57. The molecular weight excluding hydrogens is 298 g/mol. The van der Waals surface area contributed by atoms with Gasteiger partial charge in [-0.3, -0.25) is 15.1 Å². The summed E-state index contributed by atoms with van der Waals surface area (Å²) in [7, 11) is 1.63. The highest BCUT2D eigenvalue weighted by atomic mass is 32.1. The maximum absolute atomic E-state index is 12.0. The second-order valence-electron chi connectivity index (χ2n) is 4.46. The molecule has 0 bridgehead atoms. The van der Waals surface area contributed by atoms with Gasteiger partial charge in [-0.2, -0.15) is 0 Å². The van der Waals surface area contributed by atoms with Crippen LogP contribution in [0, 0.1) is 0 Å². The van der Waals surface area contributed by atoms with Crippen molar-refractivity contribution in [3.05, 3.63) is 59.7 Å². The normalized spacial score (nSPS) is 10.2. The summed E-state index contributed by atoms with van der Waals surface area (Å²) < 4.78 is 5.13. The summed E-state index contributed by atoms with van der Waals surface area (Å²) in [6.45, 7) is 0. The summed E-state index contributed by atoms with van der Waals surface area (Å²) in [4.78, 5) is 20.4. The van der Waals surface area contributed by atoms with Crippen LogP contribution in [-0.2, 0) is 0 Å². The van der Waals surface area contributed by atoms with Gasteiger partial charge in [-0.05, 0) is 36.4 Å². The van der Waals surface area contributed by atoms with Crippen molar-refractivity contribution in [2.45, 2.75) is 0 Å². The molecule has 22 heavy (non-hydrogen) atoms. The van der Waals surface area contributed by atoms with Crippen LogP contribution in [0.1, 0.15) is 10.4 Å². The Morgan fingerprint density at radius 1 is 1.23 bits per heavy atom. The number of hydrogen-bond donors (Lipinski definition) is 1. The molecule has 1 amide bonds. The number of thiazole rings is 1. The molecule has 2 aromatic heterocycles. The van der Waals surface area contributed by atoms with Gasteiger partial charge in [-0.1, -0.05) is 0 Å². The van der Waals surface area contributed by atoms with Gasteiger partial charge in [0.2, 0.25) is 0 Å². The third-order valence-corrected chi connectivity index (χ3v) is 3.79. The quantitative estimate of drug-likeness (QED) is 0.801. The molecule has 110 valence electrons. The van der Waals surface area contributed by atoms with E-state index in [0.29, 0.717) is 10.7 Å². The van der Waals surface area contributed by atoms with E-state index in [-0.39, 0.29) is 5.91 Å². The molecule has 0 saturated carbocycles. The standard InChI is InChI=1S/C16H13N3O2S/c1-21-13-6-4-11(5-7-13)14-10-22-16(18-14)19-15(20)12-3-2-8-17-9-12/h2-10H,1H3,(H,18,19,20). The van der Waals surface area contributed by atoms with Crippen molar-refractivity contribution in [2.75, 3.05) is 12.4 Å². The number of pyridine rings is 1. The SMILES string of the molecule is COc1ccc(-c2csc(NC(=O)c3cccnc3)n2)cc1. The first-order valence-corrected chi connectivity index (χ1v) is 7.45. The average Bonchev–Trinajstić information content (AvgIpc) is 3.04. The van der Waals surface area contributed by atoms with Gasteiger partial charge in [0, 0.05) is 23.3 Å². The number of anilines is 1. The lowest BCUT2D eigenvalue weighted by Crippen LogP contribution is -2.11. The van der Waals surface area contributed by atoms with Crippen LogP contribution in [0.4, 0.5) is 5.13 Å². The molecular formula is C16H13N3O2S. The van der Waals surface area contributed by atoms with Crippen molar-refractivity contribution < 1.29 is 9.53 Å². The first-order chi connectivity index (χ1) is 10.8. The van der Waals surface area contributed by atoms with Crippen LogP contribution in [0.2, 0.25) is 0 Å². The fourth-order valence-corrected chi connectivity index (χ4v) is 2.61. The lowest BCUT2D eigenvalue weighted by Gasteiger charge is -2.01. The van der Waals surface area contributed by atoms with Crippen molar-refractivity contribution in [2.24, 2.45) is 0 Å². The number of carbonyl (C=O) groups is 1. The summed E-state index contributed by atoms with van der Waals surface area (Å²) in [6.07, 6.45) is 3.15. The fraction of sp³-hybridized carbons (Fsp3) is 0.0625. The lowest BCUT2D eigenvalue weighted by molar-refractivity contribution is 0.102. The van der Waals surface area contributed by atoms with Gasteiger partial charge in [0.05, 0.1) is 18.4 Å². The maximum Gasteiger partial charge on any atom is 0.259 e. The third kappa shape index (κ3) is 3.12. The molecule has 0 spiro atoms. The Morgan fingerprint density at radius 2 is 2.05 bits per heavy atom. The van der Waals surface area contributed by atoms with Crippen LogP contribution in [0.15, 0.2) is 54.2 Å². The molecule has 0 fully saturated rings. The van der Waals surface area contributed by atoms with Crippen molar-refractivity contribution in [1.29, 1.82) is 0 Å². The van der Waals surface area contributed by atoms with E-state index >= 15 is 0 Å². The summed E-state index contributed by atoms with van der Waals surface area (Å²) in [5, 5.41) is 5.23. The number of ether oxygens (including phenoxy) is 1. The highest BCUT2D eigenvalue weighted by molar-refractivity contribution is 7.14. The highest BCUT2D eigenvalue weighted by Gasteiger charge is 2.10. The zero-order valence-corrected chi connectivity index (χ0v) is 12.6. The number of aromatic nitrogens is 2. The van der Waals surface area contributed by atoms with Crippen LogP contribution in [0.25, 0.3) is 11.3 Å². The molecule has 3 aromatic rings. The molecule has 0 atom stereocenters. The minimum Gasteiger partial charge on any atom is -0.497 e. The molecule has 0 saturated heterocycles. The molecule has 0 unspecified atom stereocenters. The maximum atomic E-state index is 12.0. The van der Waals surface area contributed by atoms with Gasteiger partial charge < -0.3 is 4.74 Å². The second-order valence-corrected chi connectivity index (χ2v) is 5.32. The van der Waals surface area contributed by atoms with Crippen molar-refractivity contribution >= 4 is 22.4 Å². The number of nitrogens with zero attached hydrogens (tertiary/aromatic N) is 2. The number of carbonyl (C=O) groups excluding carboxylic acids is 1. The van der Waals surface area contributed by atoms with E-state index in [1.54, 1.807) is 25.4 Å². The van der Waals surface area contributed by atoms with Crippen molar-refractivity contribution in [1.82, 2.24) is 9.97 Å². The topological polar surface area (TPSA) is 64.1 Å². The molecule has 0 aliphatic carbocycles. The van der Waals surface area contributed by atoms with E-state index in [9.17, 15) is 4.79 Å². The smallest absolute Gasteiger partial charge is 0.259 e. The van der Waals surface area contributed by atoms with E-state index in [0.717, 1.165) is 17.0 Å². The van der Waals surface area contributed by atoms with E-state index < -0.39 is 0 Å². The van der Waals surface area contributed by atoms with Crippen LogP contribution < -0.4 is 10.1 Å². The Balaban J connectivity index is 1.74. The molecule has 1 aromatic carbocycles. The van der Waals surface area contributed by atoms with Crippen LogP contribution in [-0.4, -0.2) is 23.0 Å². The van der Waals surface area contributed by atoms with E-state index in [1.165, 1.54) is 17.5 Å². The number of hydrogen-bond acceptors (Lipinski definition) is 5. The van der Waals surface area contributed by atoms with Gasteiger partial charge in [-0.15, -0.1) is 11.3 Å². The minimum absolute atomic E-state index is 0.219. The molecule has 0 aliphatic rings. The Hall–Kier alpha value is -2.73. The Bertz CT molecular complexity index is 770. The summed E-state index contributed by atoms with van der Waals surface area (Å²) in [5.74, 6) is 0.577. The van der Waals surface area contributed by atoms with Gasteiger partial charge in [0.1, 0.15) is 5.75 Å². The highest BCUT2D eigenvalue weighted by Crippen LogP contribution is 2.26. The Kier molecular flexibility index (Phi) is 4.11. The molecule has 5 nitrogen and oxygen atoms in total. The van der Waals surface area contributed by atoms with E-state index in [4.69, 9.17) is 4.74 Å². The average molecular weight is 311 g/mol. The number of methoxy groups -OCH3 is 1. The third-order valence-electron chi connectivity index (χ3n) is 3.03. The van der Waals surface area contributed by atoms with E-state index in [1.807, 2.05) is 29.6 Å². The molecule has 0 aliphatic heterocycles. The fourth-order valence-electron chi connectivity index (χ4n) is 1.89. The Morgan fingerprint density at radius 3 is 2.73 bits per heavy atom. The molecule has 0 radical (unpaired) electrons. The Labute approximate surface area is 131 Å². The monoisotopic (exact) mass is 311 g/mol. The predicted octanol–water partition coefficient (Wildman–Crippen LogP) is 3.47. The minimum atomic E-state index is -0.219. The van der Waals surface area contributed by atoms with Crippen molar-refractivity contribution in [3.8, 4) is 17.0 Å². The summed E-state index contributed by atoms with van der Waals surface area (Å²) in [6, 6.07) is 11.0. The first kappa shape index (κ1) is 14.2. The summed E-state index contributed by atoms with van der Waals surface area (Å²) in [5.41, 5.74) is 2.29. The number of nitrogens with one attached hydrogen (secondary N) is 1. The van der Waals surface area contributed by atoms with Gasteiger partial charge in [0.25, 0.3) is 5.91 Å². The van der Waals surface area contributed by atoms with Crippen LogP contribution >= 0.6 is 11.3 Å². The van der Waals surface area contributed by atoms with Crippen molar-refractivity contribution in [3.63, 3.8) is 0 Å². The van der Waals surface area contributed by atoms with Crippen LogP contribution in [0.3, 0.4) is 0 Å². The molecule has 3 rings (SSSR count). The molecule has 1 N–H and O–H groups in total. The predicted molar refractivity (Wildman–Crippen MR) is 86.3 cm³/mol. The zero-order chi connectivity index (χ0) is 15.4. The van der Waals surface area contributed by atoms with Gasteiger partial charge in [-0.25, -0.2) is 4.98 Å². The summed E-state index contributed by atoms with van der Waals surface area (Å²) >= 11 is 1.38.